The van der Waals surface area contributed by atoms with Crippen molar-refractivity contribution in [2.75, 3.05) is 0 Å². The third-order valence-electron chi connectivity index (χ3n) is 0.856. The van der Waals surface area contributed by atoms with E-state index in [4.69, 9.17) is 5.73 Å². The molecule has 2 heteroatoms. The Hall–Kier alpha value is -1.57. The minimum atomic E-state index is 0.730. The van der Waals surface area contributed by atoms with Gasteiger partial charge < -0.3 is 5.73 Å². The summed E-state index contributed by atoms with van der Waals surface area (Å²) in [5.41, 5.74) is 5.07. The summed E-state index contributed by atoms with van der Waals surface area (Å²) in [6.45, 7) is 0. The maximum absolute atomic E-state index is 9.77. The van der Waals surface area contributed by atoms with Crippen molar-refractivity contribution in [2.45, 2.75) is 0 Å². The second-order valence-corrected chi connectivity index (χ2v) is 1.68. The van der Waals surface area contributed by atoms with Crippen molar-refractivity contribution in [2.24, 2.45) is 5.73 Å². The van der Waals surface area contributed by atoms with Crippen LogP contribution in [-0.2, 0) is 4.79 Å². The highest BCUT2D eigenvalue weighted by atomic mass is 16.1. The lowest BCUT2D eigenvalue weighted by atomic mass is 10.4. The van der Waals surface area contributed by atoms with E-state index in [1.165, 1.54) is 12.3 Å². The molecule has 2 nitrogen and oxygen atoms in total. The third-order valence-corrected chi connectivity index (χ3v) is 0.856. The first-order valence-corrected chi connectivity index (χ1v) is 3.24. The molecular formula is C9H11NO. The summed E-state index contributed by atoms with van der Waals surface area (Å²) in [5.74, 6) is 0. The average Bonchev–Trinajstić information content (AvgIpc) is 2.03. The van der Waals surface area contributed by atoms with Gasteiger partial charge >= 0.3 is 0 Å². The van der Waals surface area contributed by atoms with Gasteiger partial charge in [-0.1, -0.05) is 30.4 Å². The molecule has 0 heterocycles. The van der Waals surface area contributed by atoms with E-state index in [1.54, 1.807) is 30.4 Å². The normalized spacial score (nSPS) is 12.7. The van der Waals surface area contributed by atoms with Crippen LogP contribution in [-0.4, -0.2) is 6.29 Å². The van der Waals surface area contributed by atoms with Gasteiger partial charge in [-0.2, -0.15) is 0 Å². The summed E-state index contributed by atoms with van der Waals surface area (Å²) in [4.78, 5) is 9.77. The number of nitrogens with two attached hydrogens (primary N) is 1. The number of carbonyl (C=O) groups excluding carboxylic acids is 1. The van der Waals surface area contributed by atoms with Crippen LogP contribution in [0.25, 0.3) is 0 Å². The van der Waals surface area contributed by atoms with Crippen molar-refractivity contribution in [3.05, 3.63) is 48.7 Å². The SMILES string of the molecule is N/C=C/C=C/C=C/C=C/C=O. The van der Waals surface area contributed by atoms with Crippen LogP contribution in [0, 0.1) is 0 Å². The Morgan fingerprint density at radius 2 is 1.18 bits per heavy atom. The van der Waals surface area contributed by atoms with Crippen molar-refractivity contribution in [3.63, 3.8) is 0 Å². The monoisotopic (exact) mass is 149 g/mol. The number of carbonyl (C=O) groups is 1. The van der Waals surface area contributed by atoms with Crippen molar-refractivity contribution in [1.29, 1.82) is 0 Å². The van der Waals surface area contributed by atoms with Crippen molar-refractivity contribution < 1.29 is 4.79 Å². The largest absolute Gasteiger partial charge is 0.405 e. The van der Waals surface area contributed by atoms with E-state index < -0.39 is 0 Å². The van der Waals surface area contributed by atoms with Crippen LogP contribution in [0.1, 0.15) is 0 Å². The Balaban J connectivity index is 3.59. The summed E-state index contributed by atoms with van der Waals surface area (Å²) in [7, 11) is 0. The second kappa shape index (κ2) is 8.43. The molecule has 0 spiro atoms. The summed E-state index contributed by atoms with van der Waals surface area (Å²) >= 11 is 0. The minimum Gasteiger partial charge on any atom is -0.405 e. The Morgan fingerprint density at radius 3 is 1.64 bits per heavy atom. The second-order valence-electron chi connectivity index (χ2n) is 1.68. The molecule has 0 amide bonds. The highest BCUT2D eigenvalue weighted by Crippen LogP contribution is 1.79. The van der Waals surface area contributed by atoms with E-state index in [0.717, 1.165) is 6.29 Å². The van der Waals surface area contributed by atoms with Gasteiger partial charge in [0.2, 0.25) is 0 Å². The predicted octanol–water partition coefficient (Wildman–Crippen LogP) is 1.33. The van der Waals surface area contributed by atoms with Gasteiger partial charge in [-0.3, -0.25) is 4.79 Å². The molecule has 0 aliphatic carbocycles. The fraction of sp³-hybridized carbons (Fsp3) is 0. The van der Waals surface area contributed by atoms with Gasteiger partial charge in [-0.25, -0.2) is 0 Å². The lowest BCUT2D eigenvalue weighted by molar-refractivity contribution is -0.104. The fourth-order valence-corrected chi connectivity index (χ4v) is 0.430. The molecule has 0 radical (unpaired) electrons. The van der Waals surface area contributed by atoms with E-state index in [2.05, 4.69) is 0 Å². The molecule has 0 aromatic rings. The molecule has 0 fully saturated rings. The molecule has 0 atom stereocenters. The van der Waals surface area contributed by atoms with Crippen molar-refractivity contribution in [1.82, 2.24) is 0 Å². The zero-order valence-corrected chi connectivity index (χ0v) is 6.18. The van der Waals surface area contributed by atoms with E-state index >= 15 is 0 Å². The quantitative estimate of drug-likeness (QED) is 0.372. The molecule has 0 saturated heterocycles. The number of aldehydes is 1. The first kappa shape index (κ1) is 9.43. The number of allylic oxidation sites excluding steroid dienone is 7. The van der Waals surface area contributed by atoms with Crippen LogP contribution < -0.4 is 5.73 Å². The standard InChI is InChI=1S/C9H11NO/c10-8-6-4-2-1-3-5-7-9-11/h1-9H,10H2/b3-1+,4-2+,7-5+,8-6+. The molecule has 0 bridgehead atoms. The van der Waals surface area contributed by atoms with Crippen molar-refractivity contribution in [3.8, 4) is 0 Å². The highest BCUT2D eigenvalue weighted by molar-refractivity contribution is 5.65. The smallest absolute Gasteiger partial charge is 0.142 e. The Morgan fingerprint density at radius 1 is 0.727 bits per heavy atom. The first-order valence-electron chi connectivity index (χ1n) is 3.24. The Kier molecular flexibility index (Phi) is 7.23. The fourth-order valence-electron chi connectivity index (χ4n) is 0.430. The van der Waals surface area contributed by atoms with Gasteiger partial charge in [0.25, 0.3) is 0 Å². The average molecular weight is 149 g/mol. The molecular weight excluding hydrogens is 138 g/mol. The highest BCUT2D eigenvalue weighted by Gasteiger charge is 1.61. The van der Waals surface area contributed by atoms with Gasteiger partial charge in [-0.15, -0.1) is 0 Å². The van der Waals surface area contributed by atoms with Crippen LogP contribution in [0.2, 0.25) is 0 Å². The molecule has 0 aliphatic heterocycles. The Bertz CT molecular complexity index is 200. The molecule has 0 aliphatic rings. The van der Waals surface area contributed by atoms with Crippen molar-refractivity contribution >= 4 is 6.29 Å². The summed E-state index contributed by atoms with van der Waals surface area (Å²) in [5, 5.41) is 0. The van der Waals surface area contributed by atoms with Crippen LogP contribution in [0.4, 0.5) is 0 Å². The molecule has 2 N–H and O–H groups in total. The molecule has 0 aromatic carbocycles. The van der Waals surface area contributed by atoms with Gasteiger partial charge in [0.15, 0.2) is 0 Å². The van der Waals surface area contributed by atoms with E-state index in [-0.39, 0.29) is 0 Å². The third kappa shape index (κ3) is 8.43. The molecule has 11 heavy (non-hydrogen) atoms. The van der Waals surface area contributed by atoms with E-state index in [0.29, 0.717) is 0 Å². The first-order chi connectivity index (χ1) is 5.41. The topological polar surface area (TPSA) is 43.1 Å². The zero-order valence-electron chi connectivity index (χ0n) is 6.18. The van der Waals surface area contributed by atoms with E-state index in [9.17, 15) is 4.79 Å². The maximum atomic E-state index is 9.77. The number of hydrogen-bond donors (Lipinski definition) is 1. The van der Waals surface area contributed by atoms with Crippen LogP contribution >= 0.6 is 0 Å². The molecule has 0 unspecified atom stereocenters. The Labute approximate surface area is 66.4 Å². The molecule has 0 rings (SSSR count). The molecule has 0 aromatic heterocycles. The van der Waals surface area contributed by atoms with Crippen LogP contribution in [0.5, 0.6) is 0 Å². The van der Waals surface area contributed by atoms with Crippen LogP contribution in [0.15, 0.2) is 48.7 Å². The number of rotatable bonds is 4. The van der Waals surface area contributed by atoms with Gasteiger partial charge in [-0.05, 0) is 18.4 Å². The summed E-state index contributed by atoms with van der Waals surface area (Å²) in [6, 6.07) is 0. The lowest BCUT2D eigenvalue weighted by Gasteiger charge is -1.71. The molecule has 58 valence electrons. The number of hydrogen-bond acceptors (Lipinski definition) is 2. The minimum absolute atomic E-state index is 0.730. The zero-order chi connectivity index (χ0) is 8.36. The van der Waals surface area contributed by atoms with Crippen LogP contribution in [0.3, 0.4) is 0 Å². The van der Waals surface area contributed by atoms with Gasteiger partial charge in [0.05, 0.1) is 0 Å². The summed E-state index contributed by atoms with van der Waals surface area (Å²) < 4.78 is 0. The predicted molar refractivity (Wildman–Crippen MR) is 46.8 cm³/mol. The summed E-state index contributed by atoms with van der Waals surface area (Å²) in [6.07, 6.45) is 14.2. The lowest BCUT2D eigenvalue weighted by Crippen LogP contribution is -1.71. The maximum Gasteiger partial charge on any atom is 0.142 e. The van der Waals surface area contributed by atoms with Gasteiger partial charge in [0.1, 0.15) is 6.29 Å². The molecule has 0 saturated carbocycles. The van der Waals surface area contributed by atoms with E-state index in [1.807, 2.05) is 6.08 Å². The van der Waals surface area contributed by atoms with Gasteiger partial charge in [0, 0.05) is 0 Å².